The van der Waals surface area contributed by atoms with E-state index in [1.165, 1.54) is 12.1 Å². The second-order valence-electron chi connectivity index (χ2n) is 8.51. The van der Waals surface area contributed by atoms with Gasteiger partial charge in [-0.25, -0.2) is 13.8 Å². The summed E-state index contributed by atoms with van der Waals surface area (Å²) in [7, 11) is 1.70. The minimum atomic E-state index is -2.86. The van der Waals surface area contributed by atoms with E-state index in [1.54, 1.807) is 43.0 Å². The number of primary amides is 1. The van der Waals surface area contributed by atoms with Crippen LogP contribution in [0.2, 0.25) is 0 Å². The number of rotatable bonds is 8. The van der Waals surface area contributed by atoms with E-state index < -0.39 is 23.9 Å². The van der Waals surface area contributed by atoms with Crippen LogP contribution in [0.5, 0.6) is 5.75 Å². The van der Waals surface area contributed by atoms with Crippen LogP contribution < -0.4 is 15.8 Å². The van der Waals surface area contributed by atoms with Crippen LogP contribution in [0.15, 0.2) is 57.6 Å². The van der Waals surface area contributed by atoms with Gasteiger partial charge in [-0.2, -0.15) is 5.10 Å². The molecule has 9 nitrogen and oxygen atoms in total. The molecule has 5 aromatic rings. The van der Waals surface area contributed by atoms with Gasteiger partial charge >= 0.3 is 0 Å². The molecule has 39 heavy (non-hydrogen) atoms. The van der Waals surface area contributed by atoms with Gasteiger partial charge in [0, 0.05) is 28.7 Å². The normalized spacial score (nSPS) is 11.3. The Balaban J connectivity index is 1.51. The van der Waals surface area contributed by atoms with Crippen molar-refractivity contribution in [2.24, 2.45) is 12.8 Å². The molecule has 4 heterocycles. The second-order valence-corrected chi connectivity index (χ2v) is 10.4. The highest BCUT2D eigenvalue weighted by Gasteiger charge is 2.27. The van der Waals surface area contributed by atoms with Crippen LogP contribution in [0, 0.1) is 6.92 Å². The van der Waals surface area contributed by atoms with Gasteiger partial charge in [0.1, 0.15) is 33.5 Å². The number of carbonyl (C=O) groups excluding carboxylic acids is 2. The number of nitrogens with zero attached hydrogens (tertiary/aromatic N) is 3. The molecule has 13 heteroatoms. The first kappa shape index (κ1) is 26.5. The van der Waals surface area contributed by atoms with Crippen molar-refractivity contribution in [1.82, 2.24) is 14.8 Å². The first-order chi connectivity index (χ1) is 18.6. The third-order valence-corrected chi connectivity index (χ3v) is 7.38. The molecule has 3 N–H and O–H groups in total. The van der Waals surface area contributed by atoms with Gasteiger partial charge in [0.05, 0.1) is 11.4 Å². The van der Waals surface area contributed by atoms with Crippen molar-refractivity contribution in [2.45, 2.75) is 20.0 Å². The predicted octanol–water partition coefficient (Wildman–Crippen LogP) is 6.23. The minimum Gasteiger partial charge on any atom is -0.486 e. The maximum atomic E-state index is 13.7. The lowest BCUT2D eigenvalue weighted by Gasteiger charge is -2.10. The fourth-order valence-electron chi connectivity index (χ4n) is 4.04. The molecule has 4 aromatic heterocycles. The summed E-state index contributed by atoms with van der Waals surface area (Å²) in [6.45, 7) is 1.80. The molecule has 0 radical (unpaired) electrons. The largest absolute Gasteiger partial charge is 0.486 e. The monoisotopic (exact) mass is 615 g/mol. The van der Waals surface area contributed by atoms with E-state index in [0.717, 1.165) is 15.8 Å². The van der Waals surface area contributed by atoms with Crippen LogP contribution in [-0.4, -0.2) is 26.6 Å². The van der Waals surface area contributed by atoms with Crippen LogP contribution in [0.3, 0.4) is 0 Å². The van der Waals surface area contributed by atoms with E-state index in [9.17, 15) is 18.4 Å². The zero-order valence-corrected chi connectivity index (χ0v) is 22.9. The van der Waals surface area contributed by atoms with Crippen molar-refractivity contribution in [3.8, 4) is 16.9 Å². The van der Waals surface area contributed by atoms with E-state index in [4.69, 9.17) is 14.9 Å². The molecule has 5 rings (SSSR count). The SMILES string of the molecule is Cc1nn(C)cc1-c1cc(C(F)F)nc2sc(C(N)=O)c(NC(=O)c3ccc(COc4ccc(Br)cc4)o3)c12. The molecule has 0 unspecified atom stereocenters. The van der Waals surface area contributed by atoms with Crippen LogP contribution >= 0.6 is 27.3 Å². The first-order valence-electron chi connectivity index (χ1n) is 11.4. The van der Waals surface area contributed by atoms with Crippen molar-refractivity contribution in [1.29, 1.82) is 0 Å². The number of alkyl halides is 2. The molecule has 200 valence electrons. The molecular formula is C26H20BrF2N5O4S. The summed E-state index contributed by atoms with van der Waals surface area (Å²) < 4.78 is 41.2. The number of benzene rings is 1. The summed E-state index contributed by atoms with van der Waals surface area (Å²) in [6.07, 6.45) is -1.19. The Morgan fingerprint density at radius 3 is 2.59 bits per heavy atom. The minimum absolute atomic E-state index is 0.0367. The van der Waals surface area contributed by atoms with Gasteiger partial charge < -0.3 is 20.2 Å². The number of hydrogen-bond acceptors (Lipinski definition) is 7. The van der Waals surface area contributed by atoms with Crippen LogP contribution in [0.4, 0.5) is 14.5 Å². The van der Waals surface area contributed by atoms with E-state index in [2.05, 4.69) is 31.3 Å². The number of halogens is 3. The zero-order chi connectivity index (χ0) is 27.8. The maximum absolute atomic E-state index is 13.7. The summed E-state index contributed by atoms with van der Waals surface area (Å²) in [4.78, 5) is 29.7. The number of aryl methyl sites for hydroxylation is 2. The molecule has 0 bridgehead atoms. The van der Waals surface area contributed by atoms with E-state index in [0.29, 0.717) is 33.7 Å². The summed E-state index contributed by atoms with van der Waals surface area (Å²) in [5.41, 5.74) is 6.64. The maximum Gasteiger partial charge on any atom is 0.291 e. The van der Waals surface area contributed by atoms with Crippen molar-refractivity contribution >= 4 is 55.0 Å². The number of amides is 2. The van der Waals surface area contributed by atoms with Gasteiger partial charge in [-0.3, -0.25) is 14.3 Å². The van der Waals surface area contributed by atoms with Gasteiger partial charge in [0.15, 0.2) is 5.76 Å². The Morgan fingerprint density at radius 2 is 1.95 bits per heavy atom. The number of aromatic nitrogens is 3. The summed E-state index contributed by atoms with van der Waals surface area (Å²) >= 11 is 4.18. The second kappa shape index (κ2) is 10.6. The zero-order valence-electron chi connectivity index (χ0n) is 20.5. The van der Waals surface area contributed by atoms with Crippen LogP contribution in [0.25, 0.3) is 21.3 Å². The predicted molar refractivity (Wildman–Crippen MR) is 145 cm³/mol. The highest BCUT2D eigenvalue weighted by atomic mass is 79.9. The first-order valence-corrected chi connectivity index (χ1v) is 13.1. The van der Waals surface area contributed by atoms with E-state index in [-0.39, 0.29) is 27.8 Å². The molecule has 0 saturated heterocycles. The smallest absolute Gasteiger partial charge is 0.291 e. The number of anilines is 1. The third kappa shape index (κ3) is 5.40. The Labute approximate surface area is 232 Å². The Kier molecular flexibility index (Phi) is 7.19. The fourth-order valence-corrected chi connectivity index (χ4v) is 5.31. The molecular weight excluding hydrogens is 596 g/mol. The lowest BCUT2D eigenvalue weighted by atomic mass is 10.0. The number of hydrogen-bond donors (Lipinski definition) is 2. The Hall–Kier alpha value is -4.10. The standard InChI is InChI=1S/C26H20BrF2N5O4S/c1-12-17(10-34(2)33-12)16-9-18(23(28)29)31-26-20(16)21(22(39-26)24(30)35)32-25(36)19-8-7-15(38-19)11-37-14-5-3-13(27)4-6-14/h3-10,23H,11H2,1-2H3,(H2,30,35)(H,32,36). The number of fused-ring (bicyclic) bond motifs is 1. The number of thiophene rings is 1. The molecule has 1 aromatic carbocycles. The number of ether oxygens (including phenoxy) is 1. The lowest BCUT2D eigenvalue weighted by molar-refractivity contribution is 0.0992. The Morgan fingerprint density at radius 1 is 1.21 bits per heavy atom. The number of carbonyl (C=O) groups is 2. The highest BCUT2D eigenvalue weighted by Crippen LogP contribution is 2.43. The van der Waals surface area contributed by atoms with E-state index >= 15 is 0 Å². The highest BCUT2D eigenvalue weighted by molar-refractivity contribution is 9.10. The van der Waals surface area contributed by atoms with Crippen LogP contribution in [0.1, 0.15) is 43.8 Å². The average molecular weight is 616 g/mol. The van der Waals surface area contributed by atoms with Crippen molar-refractivity contribution in [3.05, 3.63) is 80.9 Å². The Bertz CT molecular complexity index is 1710. The molecule has 0 aliphatic carbocycles. The fraction of sp³-hybridized carbons (Fsp3) is 0.154. The van der Waals surface area contributed by atoms with Gasteiger partial charge in [0.25, 0.3) is 18.2 Å². The summed E-state index contributed by atoms with van der Waals surface area (Å²) in [6, 6.07) is 11.5. The number of nitrogens with one attached hydrogen (secondary N) is 1. The number of pyridine rings is 1. The van der Waals surface area contributed by atoms with Gasteiger partial charge in [-0.1, -0.05) is 15.9 Å². The van der Waals surface area contributed by atoms with Crippen LogP contribution in [-0.2, 0) is 13.7 Å². The van der Waals surface area contributed by atoms with Crippen molar-refractivity contribution in [2.75, 3.05) is 5.32 Å². The van der Waals surface area contributed by atoms with Crippen molar-refractivity contribution < 1.29 is 27.5 Å². The third-order valence-electron chi connectivity index (χ3n) is 5.75. The van der Waals surface area contributed by atoms with E-state index in [1.807, 2.05) is 12.1 Å². The van der Waals surface area contributed by atoms with Gasteiger partial charge in [-0.15, -0.1) is 11.3 Å². The topological polar surface area (TPSA) is 125 Å². The molecule has 0 saturated carbocycles. The number of furan rings is 1. The molecule has 0 aliphatic rings. The van der Waals surface area contributed by atoms with Crippen molar-refractivity contribution in [3.63, 3.8) is 0 Å². The molecule has 0 atom stereocenters. The summed E-state index contributed by atoms with van der Waals surface area (Å²) in [5, 5.41) is 7.28. The molecule has 0 aliphatic heterocycles. The molecule has 0 spiro atoms. The molecule has 0 fully saturated rings. The summed E-state index contributed by atoms with van der Waals surface area (Å²) in [5.74, 6) is -0.549. The molecule has 2 amide bonds. The average Bonchev–Trinajstić information content (AvgIpc) is 3.60. The lowest BCUT2D eigenvalue weighted by Crippen LogP contribution is -2.16. The quantitative estimate of drug-likeness (QED) is 0.213. The van der Waals surface area contributed by atoms with Gasteiger partial charge in [0.2, 0.25) is 0 Å². The number of nitrogens with two attached hydrogens (primary N) is 1. The van der Waals surface area contributed by atoms with Gasteiger partial charge in [-0.05, 0) is 55.0 Å².